The van der Waals surface area contributed by atoms with Gasteiger partial charge >= 0.3 is 5.97 Å². The number of amides is 1. The van der Waals surface area contributed by atoms with E-state index in [0.717, 1.165) is 11.1 Å². The highest BCUT2D eigenvalue weighted by molar-refractivity contribution is 7.08. The molecule has 0 spiro atoms. The van der Waals surface area contributed by atoms with Crippen LogP contribution in [-0.4, -0.2) is 23.4 Å². The maximum Gasteiger partial charge on any atom is 0.355 e. The average Bonchev–Trinajstić information content (AvgIpc) is 3.14. The number of hydrogen-bond donors (Lipinski definition) is 0. The number of esters is 1. The molecular formula is C17H15NO3S. The van der Waals surface area contributed by atoms with Crippen molar-refractivity contribution in [3.05, 3.63) is 63.5 Å². The van der Waals surface area contributed by atoms with E-state index in [1.54, 1.807) is 19.1 Å². The van der Waals surface area contributed by atoms with E-state index < -0.39 is 5.97 Å². The van der Waals surface area contributed by atoms with Gasteiger partial charge in [-0.05, 0) is 47.0 Å². The summed E-state index contributed by atoms with van der Waals surface area (Å²) in [6.07, 6.45) is 1.71. The zero-order valence-corrected chi connectivity index (χ0v) is 12.9. The minimum atomic E-state index is -0.477. The molecule has 1 aromatic heterocycles. The fraction of sp³-hybridized carbons (Fsp3) is 0.176. The summed E-state index contributed by atoms with van der Waals surface area (Å²) in [6, 6.07) is 9.30. The summed E-state index contributed by atoms with van der Waals surface area (Å²) in [4.78, 5) is 26.3. The molecule has 0 N–H and O–H groups in total. The molecule has 0 saturated carbocycles. The lowest BCUT2D eigenvalue weighted by molar-refractivity contribution is -0.139. The molecule has 2 heterocycles. The third-order valence-electron chi connectivity index (χ3n) is 3.44. The van der Waals surface area contributed by atoms with Gasteiger partial charge in [-0.2, -0.15) is 11.3 Å². The largest absolute Gasteiger partial charge is 0.461 e. The van der Waals surface area contributed by atoms with E-state index in [-0.39, 0.29) is 18.2 Å². The Morgan fingerprint density at radius 3 is 2.86 bits per heavy atom. The van der Waals surface area contributed by atoms with Crippen LogP contribution in [0.25, 0.3) is 6.08 Å². The van der Waals surface area contributed by atoms with Crippen LogP contribution in [-0.2, 0) is 16.1 Å². The van der Waals surface area contributed by atoms with Gasteiger partial charge in [0.15, 0.2) is 0 Å². The summed E-state index contributed by atoms with van der Waals surface area (Å²) in [5.41, 5.74) is 2.73. The standard InChI is InChI=1S/C17H15NO3S/c1-2-21-17(20)15(9-12-7-8-22-11-12)18-10-13-5-3-4-6-14(13)16(18)19/h3-9,11H,2,10H2,1H3/b15-9-. The zero-order valence-electron chi connectivity index (χ0n) is 12.1. The van der Waals surface area contributed by atoms with Gasteiger partial charge in [0.1, 0.15) is 5.70 Å². The van der Waals surface area contributed by atoms with E-state index in [4.69, 9.17) is 4.74 Å². The lowest BCUT2D eigenvalue weighted by atomic mass is 10.1. The first-order valence-corrected chi connectivity index (χ1v) is 7.95. The molecule has 1 aliphatic heterocycles. The predicted octanol–water partition coefficient (Wildman–Crippen LogP) is 3.31. The fourth-order valence-electron chi connectivity index (χ4n) is 2.42. The summed E-state index contributed by atoms with van der Waals surface area (Å²) in [7, 11) is 0. The summed E-state index contributed by atoms with van der Waals surface area (Å²) in [5, 5.41) is 3.85. The number of ether oxygens (including phenoxy) is 1. The average molecular weight is 313 g/mol. The summed E-state index contributed by atoms with van der Waals surface area (Å²) >= 11 is 1.54. The normalized spacial score (nSPS) is 14.1. The molecule has 5 heteroatoms. The number of hydrogen-bond acceptors (Lipinski definition) is 4. The fourth-order valence-corrected chi connectivity index (χ4v) is 3.03. The summed E-state index contributed by atoms with van der Waals surface area (Å²) in [5.74, 6) is -0.639. The van der Waals surface area contributed by atoms with Crippen molar-refractivity contribution in [2.45, 2.75) is 13.5 Å². The second-order valence-electron chi connectivity index (χ2n) is 4.86. The number of benzene rings is 1. The number of carbonyl (C=O) groups is 2. The molecule has 4 nitrogen and oxygen atoms in total. The Bertz CT molecular complexity index is 734. The van der Waals surface area contributed by atoms with Crippen molar-refractivity contribution >= 4 is 29.3 Å². The highest BCUT2D eigenvalue weighted by Crippen LogP contribution is 2.27. The highest BCUT2D eigenvalue weighted by atomic mass is 32.1. The monoisotopic (exact) mass is 313 g/mol. The lowest BCUT2D eigenvalue weighted by Gasteiger charge is -2.18. The lowest BCUT2D eigenvalue weighted by Crippen LogP contribution is -2.29. The molecular weight excluding hydrogens is 298 g/mol. The second-order valence-corrected chi connectivity index (χ2v) is 5.64. The molecule has 0 radical (unpaired) electrons. The van der Waals surface area contributed by atoms with Crippen LogP contribution in [0.4, 0.5) is 0 Å². The van der Waals surface area contributed by atoms with Crippen LogP contribution < -0.4 is 0 Å². The molecule has 0 aliphatic carbocycles. The Balaban J connectivity index is 1.98. The smallest absolute Gasteiger partial charge is 0.355 e. The first-order valence-electron chi connectivity index (χ1n) is 7.01. The third-order valence-corrected chi connectivity index (χ3v) is 4.14. The van der Waals surface area contributed by atoms with Crippen LogP contribution in [0.3, 0.4) is 0 Å². The van der Waals surface area contributed by atoms with E-state index in [2.05, 4.69) is 0 Å². The van der Waals surface area contributed by atoms with Crippen molar-refractivity contribution in [3.63, 3.8) is 0 Å². The van der Waals surface area contributed by atoms with Gasteiger partial charge in [-0.3, -0.25) is 9.69 Å². The maximum atomic E-state index is 12.6. The van der Waals surface area contributed by atoms with Crippen LogP contribution in [0.1, 0.15) is 28.4 Å². The number of nitrogens with zero attached hydrogens (tertiary/aromatic N) is 1. The molecule has 1 aliphatic rings. The van der Waals surface area contributed by atoms with Gasteiger partial charge in [-0.1, -0.05) is 18.2 Å². The third kappa shape index (κ3) is 2.67. The van der Waals surface area contributed by atoms with Crippen molar-refractivity contribution in [1.29, 1.82) is 0 Å². The van der Waals surface area contributed by atoms with Crippen molar-refractivity contribution < 1.29 is 14.3 Å². The Morgan fingerprint density at radius 2 is 2.18 bits per heavy atom. The number of fused-ring (bicyclic) bond motifs is 1. The van der Waals surface area contributed by atoms with Crippen LogP contribution in [0, 0.1) is 0 Å². The molecule has 0 unspecified atom stereocenters. The van der Waals surface area contributed by atoms with Crippen LogP contribution in [0.2, 0.25) is 0 Å². The van der Waals surface area contributed by atoms with E-state index in [9.17, 15) is 9.59 Å². The summed E-state index contributed by atoms with van der Waals surface area (Å²) < 4.78 is 5.11. The Labute approximate surface area is 132 Å². The topological polar surface area (TPSA) is 46.6 Å². The second kappa shape index (κ2) is 6.15. The van der Waals surface area contributed by atoms with Gasteiger partial charge < -0.3 is 4.74 Å². The number of thiophene rings is 1. The quantitative estimate of drug-likeness (QED) is 0.642. The Hall–Kier alpha value is -2.40. The van der Waals surface area contributed by atoms with E-state index in [1.165, 1.54) is 16.2 Å². The van der Waals surface area contributed by atoms with Gasteiger partial charge in [0.05, 0.1) is 13.2 Å². The minimum absolute atomic E-state index is 0.162. The van der Waals surface area contributed by atoms with Crippen LogP contribution in [0.5, 0.6) is 0 Å². The molecule has 0 atom stereocenters. The van der Waals surface area contributed by atoms with E-state index in [1.807, 2.05) is 35.0 Å². The van der Waals surface area contributed by atoms with Gasteiger partial charge in [0.2, 0.25) is 0 Å². The molecule has 1 aromatic carbocycles. The predicted molar refractivity (Wildman–Crippen MR) is 85.2 cm³/mol. The molecule has 0 bridgehead atoms. The van der Waals surface area contributed by atoms with Crippen molar-refractivity contribution in [3.8, 4) is 0 Å². The van der Waals surface area contributed by atoms with Crippen molar-refractivity contribution in [1.82, 2.24) is 4.90 Å². The molecule has 0 saturated heterocycles. The minimum Gasteiger partial charge on any atom is -0.461 e. The van der Waals surface area contributed by atoms with Gasteiger partial charge in [-0.25, -0.2) is 4.79 Å². The molecule has 112 valence electrons. The Kier molecular flexibility index (Phi) is 4.06. The van der Waals surface area contributed by atoms with E-state index >= 15 is 0 Å². The van der Waals surface area contributed by atoms with Crippen LogP contribution >= 0.6 is 11.3 Å². The van der Waals surface area contributed by atoms with Crippen molar-refractivity contribution in [2.75, 3.05) is 6.61 Å². The number of carbonyl (C=O) groups excluding carboxylic acids is 2. The molecule has 2 aromatic rings. The summed E-state index contributed by atoms with van der Waals surface area (Å²) in [6.45, 7) is 2.42. The first kappa shape index (κ1) is 14.5. The molecule has 22 heavy (non-hydrogen) atoms. The van der Waals surface area contributed by atoms with Gasteiger partial charge in [-0.15, -0.1) is 0 Å². The molecule has 1 amide bonds. The number of rotatable bonds is 4. The first-order chi connectivity index (χ1) is 10.7. The molecule has 3 rings (SSSR count). The maximum absolute atomic E-state index is 12.6. The van der Waals surface area contributed by atoms with Crippen molar-refractivity contribution in [2.24, 2.45) is 0 Å². The Morgan fingerprint density at radius 1 is 1.36 bits per heavy atom. The zero-order chi connectivity index (χ0) is 15.5. The van der Waals surface area contributed by atoms with Gasteiger partial charge in [0, 0.05) is 5.56 Å². The van der Waals surface area contributed by atoms with Crippen LogP contribution in [0.15, 0.2) is 46.8 Å². The highest BCUT2D eigenvalue weighted by Gasteiger charge is 2.32. The molecule has 0 fully saturated rings. The SMILES string of the molecule is CCOC(=O)/C(=C/c1ccsc1)N1Cc2ccccc2C1=O. The van der Waals surface area contributed by atoms with Gasteiger partial charge in [0.25, 0.3) is 5.91 Å². The van der Waals surface area contributed by atoms with E-state index in [0.29, 0.717) is 12.1 Å².